The van der Waals surface area contributed by atoms with E-state index in [0.29, 0.717) is 18.7 Å². The summed E-state index contributed by atoms with van der Waals surface area (Å²) in [6.45, 7) is 2.27. The highest BCUT2D eigenvalue weighted by Gasteiger charge is 2.22. The number of hydrogen-bond donors (Lipinski definition) is 0. The lowest BCUT2D eigenvalue weighted by Gasteiger charge is -2.11. The summed E-state index contributed by atoms with van der Waals surface area (Å²) in [5, 5.41) is 0. The summed E-state index contributed by atoms with van der Waals surface area (Å²) in [5.74, 6) is -4.17. The molecule has 2 aromatic carbocycles. The standard InChI is InChI=1S/C16H13F3O2/c1-2-7-21-14-6-4-3-5-11(14)16(20)15-12(18)8-10(17)9-13(15)19/h3-6,8-9H,2,7H2,1H3. The Bertz CT molecular complexity index is 645. The average molecular weight is 294 g/mol. The number of rotatable bonds is 5. The Hall–Kier alpha value is -2.30. The fraction of sp³-hybridized carbons (Fsp3) is 0.188. The Morgan fingerprint density at radius 1 is 1.10 bits per heavy atom. The normalized spacial score (nSPS) is 10.5. The molecule has 0 unspecified atom stereocenters. The van der Waals surface area contributed by atoms with Gasteiger partial charge in [-0.1, -0.05) is 19.1 Å². The molecule has 0 aliphatic heterocycles. The molecule has 21 heavy (non-hydrogen) atoms. The molecule has 0 bridgehead atoms. The summed E-state index contributed by atoms with van der Waals surface area (Å²) in [5.41, 5.74) is -0.751. The summed E-state index contributed by atoms with van der Waals surface area (Å²) in [4.78, 5) is 12.3. The Morgan fingerprint density at radius 2 is 1.71 bits per heavy atom. The number of benzene rings is 2. The lowest BCUT2D eigenvalue weighted by Crippen LogP contribution is -2.10. The molecule has 0 aromatic heterocycles. The van der Waals surface area contributed by atoms with Crippen LogP contribution >= 0.6 is 0 Å². The van der Waals surface area contributed by atoms with E-state index in [1.54, 1.807) is 18.2 Å². The van der Waals surface area contributed by atoms with E-state index in [4.69, 9.17) is 4.74 Å². The Kier molecular flexibility index (Phi) is 4.62. The molecule has 0 saturated carbocycles. The minimum absolute atomic E-state index is 0.0374. The summed E-state index contributed by atoms with van der Waals surface area (Å²) in [6.07, 6.45) is 0.724. The molecule has 0 heterocycles. The minimum Gasteiger partial charge on any atom is -0.493 e. The molecule has 0 saturated heterocycles. The maximum Gasteiger partial charge on any atom is 0.202 e. The van der Waals surface area contributed by atoms with Crippen LogP contribution in [0.15, 0.2) is 36.4 Å². The summed E-state index contributed by atoms with van der Waals surface area (Å²) in [6, 6.07) is 7.12. The van der Waals surface area contributed by atoms with Crippen LogP contribution in [-0.2, 0) is 0 Å². The molecule has 0 radical (unpaired) electrons. The second kappa shape index (κ2) is 6.43. The van der Waals surface area contributed by atoms with Crippen molar-refractivity contribution in [2.45, 2.75) is 13.3 Å². The zero-order chi connectivity index (χ0) is 15.4. The van der Waals surface area contributed by atoms with Crippen molar-refractivity contribution in [3.8, 4) is 5.75 Å². The van der Waals surface area contributed by atoms with Crippen LogP contribution < -0.4 is 4.74 Å². The second-order valence-electron chi connectivity index (χ2n) is 4.42. The fourth-order valence-corrected chi connectivity index (χ4v) is 1.89. The second-order valence-corrected chi connectivity index (χ2v) is 4.42. The third-order valence-corrected chi connectivity index (χ3v) is 2.83. The first kappa shape index (κ1) is 15.1. The predicted octanol–water partition coefficient (Wildman–Crippen LogP) is 4.12. The smallest absolute Gasteiger partial charge is 0.202 e. The first-order valence-electron chi connectivity index (χ1n) is 6.45. The molecule has 0 N–H and O–H groups in total. The zero-order valence-electron chi connectivity index (χ0n) is 11.3. The minimum atomic E-state index is -1.23. The van der Waals surface area contributed by atoms with Crippen LogP contribution in [0.4, 0.5) is 13.2 Å². The summed E-state index contributed by atoms with van der Waals surface area (Å²) < 4.78 is 45.7. The van der Waals surface area contributed by atoms with Gasteiger partial charge >= 0.3 is 0 Å². The molecule has 0 aliphatic carbocycles. The molecule has 0 aliphatic rings. The maximum atomic E-state index is 13.7. The number of para-hydroxylation sites is 1. The van der Waals surface area contributed by atoms with Crippen molar-refractivity contribution in [3.63, 3.8) is 0 Å². The van der Waals surface area contributed by atoms with Crippen LogP contribution in [0.5, 0.6) is 5.75 Å². The molecule has 2 nitrogen and oxygen atoms in total. The topological polar surface area (TPSA) is 26.3 Å². The lowest BCUT2D eigenvalue weighted by molar-refractivity contribution is 0.102. The van der Waals surface area contributed by atoms with Crippen molar-refractivity contribution < 1.29 is 22.7 Å². The third kappa shape index (κ3) is 3.24. The van der Waals surface area contributed by atoms with Crippen LogP contribution in [0.3, 0.4) is 0 Å². The third-order valence-electron chi connectivity index (χ3n) is 2.83. The van der Waals surface area contributed by atoms with Gasteiger partial charge in [0.25, 0.3) is 0 Å². The number of halogens is 3. The van der Waals surface area contributed by atoms with Crippen LogP contribution in [-0.4, -0.2) is 12.4 Å². The van der Waals surface area contributed by atoms with Crippen LogP contribution in [0.2, 0.25) is 0 Å². The van der Waals surface area contributed by atoms with Crippen LogP contribution in [0.25, 0.3) is 0 Å². The highest BCUT2D eigenvalue weighted by atomic mass is 19.1. The van der Waals surface area contributed by atoms with Gasteiger partial charge < -0.3 is 4.74 Å². The summed E-state index contributed by atoms with van der Waals surface area (Å²) >= 11 is 0. The SMILES string of the molecule is CCCOc1ccccc1C(=O)c1c(F)cc(F)cc1F. The van der Waals surface area contributed by atoms with Gasteiger partial charge in [0.1, 0.15) is 23.2 Å². The van der Waals surface area contributed by atoms with E-state index in [0.717, 1.165) is 6.42 Å². The first-order valence-corrected chi connectivity index (χ1v) is 6.45. The highest BCUT2D eigenvalue weighted by molar-refractivity contribution is 6.11. The predicted molar refractivity (Wildman–Crippen MR) is 72.0 cm³/mol. The highest BCUT2D eigenvalue weighted by Crippen LogP contribution is 2.25. The van der Waals surface area contributed by atoms with Crippen molar-refractivity contribution in [2.24, 2.45) is 0 Å². The van der Waals surface area contributed by atoms with Gasteiger partial charge in [-0.3, -0.25) is 4.79 Å². The van der Waals surface area contributed by atoms with Crippen molar-refractivity contribution in [3.05, 3.63) is 65.0 Å². The number of ether oxygens (including phenoxy) is 1. The lowest BCUT2D eigenvalue weighted by atomic mass is 10.0. The van der Waals surface area contributed by atoms with E-state index < -0.39 is 28.8 Å². The molecule has 2 aromatic rings. The van der Waals surface area contributed by atoms with Gasteiger partial charge in [0.05, 0.1) is 17.7 Å². The number of hydrogen-bond acceptors (Lipinski definition) is 2. The van der Waals surface area contributed by atoms with Crippen LogP contribution in [0.1, 0.15) is 29.3 Å². The Morgan fingerprint density at radius 3 is 2.33 bits per heavy atom. The Balaban J connectivity index is 2.46. The van der Waals surface area contributed by atoms with E-state index in [2.05, 4.69) is 0 Å². The largest absolute Gasteiger partial charge is 0.493 e. The van der Waals surface area contributed by atoms with E-state index in [9.17, 15) is 18.0 Å². The molecule has 0 amide bonds. The Labute approximate surface area is 120 Å². The van der Waals surface area contributed by atoms with Gasteiger partial charge in [0.15, 0.2) is 0 Å². The van der Waals surface area contributed by atoms with Gasteiger partial charge in [-0.2, -0.15) is 0 Å². The first-order chi connectivity index (χ1) is 10.0. The van der Waals surface area contributed by atoms with Crippen LogP contribution in [0, 0.1) is 17.5 Å². The van der Waals surface area contributed by atoms with Crippen molar-refractivity contribution in [1.29, 1.82) is 0 Å². The quantitative estimate of drug-likeness (QED) is 0.775. The maximum absolute atomic E-state index is 13.7. The monoisotopic (exact) mass is 294 g/mol. The molecule has 0 atom stereocenters. The van der Waals surface area contributed by atoms with Crippen molar-refractivity contribution in [2.75, 3.05) is 6.61 Å². The molecular weight excluding hydrogens is 281 g/mol. The molecular formula is C16H13F3O2. The van der Waals surface area contributed by atoms with Gasteiger partial charge in [-0.05, 0) is 18.6 Å². The zero-order valence-corrected chi connectivity index (χ0v) is 11.3. The number of ketones is 1. The number of carbonyl (C=O) groups is 1. The average Bonchev–Trinajstić information content (AvgIpc) is 2.44. The van der Waals surface area contributed by atoms with E-state index in [1.807, 2.05) is 6.92 Å². The molecule has 110 valence electrons. The van der Waals surface area contributed by atoms with E-state index in [1.165, 1.54) is 6.07 Å². The number of carbonyl (C=O) groups excluding carboxylic acids is 1. The van der Waals surface area contributed by atoms with E-state index >= 15 is 0 Å². The van der Waals surface area contributed by atoms with Gasteiger partial charge in [0.2, 0.25) is 5.78 Å². The molecule has 2 rings (SSSR count). The van der Waals surface area contributed by atoms with Gasteiger partial charge in [0, 0.05) is 12.1 Å². The van der Waals surface area contributed by atoms with Crippen molar-refractivity contribution in [1.82, 2.24) is 0 Å². The van der Waals surface area contributed by atoms with Crippen molar-refractivity contribution >= 4 is 5.78 Å². The molecule has 5 heteroatoms. The fourth-order valence-electron chi connectivity index (χ4n) is 1.89. The summed E-state index contributed by atoms with van der Waals surface area (Å²) in [7, 11) is 0. The molecule has 0 fully saturated rings. The van der Waals surface area contributed by atoms with E-state index in [-0.39, 0.29) is 11.3 Å². The van der Waals surface area contributed by atoms with Gasteiger partial charge in [-0.25, -0.2) is 13.2 Å². The molecule has 0 spiro atoms. The van der Waals surface area contributed by atoms with Gasteiger partial charge in [-0.15, -0.1) is 0 Å².